The van der Waals surface area contributed by atoms with Crippen LogP contribution in [0.25, 0.3) is 10.9 Å². The molecule has 0 saturated carbocycles. The van der Waals surface area contributed by atoms with Crippen LogP contribution >= 0.6 is 0 Å². The van der Waals surface area contributed by atoms with Gasteiger partial charge in [0.2, 0.25) is 5.91 Å². The zero-order valence-electron chi connectivity index (χ0n) is 23.4. The van der Waals surface area contributed by atoms with Crippen LogP contribution in [0.2, 0.25) is 0 Å². The largest absolute Gasteiger partial charge is 0.361 e. The topological polar surface area (TPSA) is 56.4 Å². The summed E-state index contributed by atoms with van der Waals surface area (Å²) in [4.78, 5) is 34.3. The number of benzene rings is 3. The van der Waals surface area contributed by atoms with E-state index >= 15 is 0 Å². The number of aromatic amines is 1. The third-order valence-corrected chi connectivity index (χ3v) is 7.31. The Morgan fingerprint density at radius 2 is 1.44 bits per heavy atom. The number of para-hydroxylation sites is 1. The van der Waals surface area contributed by atoms with Crippen molar-refractivity contribution >= 4 is 22.7 Å². The molecule has 1 aromatic heterocycles. The molecule has 4 rings (SSSR count). The predicted molar refractivity (Wildman–Crippen MR) is 160 cm³/mol. The average molecular weight is 524 g/mol. The van der Waals surface area contributed by atoms with Crippen LogP contribution in [-0.2, 0) is 24.2 Å². The summed E-state index contributed by atoms with van der Waals surface area (Å²) in [5, 5.41) is 1.19. The molecule has 2 amide bonds. The van der Waals surface area contributed by atoms with E-state index in [2.05, 4.69) is 31.0 Å². The van der Waals surface area contributed by atoms with Crippen LogP contribution in [0.3, 0.4) is 0 Å². The van der Waals surface area contributed by atoms with Gasteiger partial charge in [0.1, 0.15) is 6.54 Å². The second kappa shape index (κ2) is 14.3. The number of rotatable bonds is 14. The first-order valence-corrected chi connectivity index (χ1v) is 14.3. The highest BCUT2D eigenvalue weighted by molar-refractivity contribution is 5.96. The zero-order chi connectivity index (χ0) is 27.5. The predicted octanol–water partition coefficient (Wildman–Crippen LogP) is 7.02. The van der Waals surface area contributed by atoms with Crippen molar-refractivity contribution in [1.29, 1.82) is 0 Å². The number of aryl methyl sites for hydroxylation is 1. The summed E-state index contributed by atoms with van der Waals surface area (Å²) in [5.41, 5.74) is 5.27. The molecule has 0 aliphatic carbocycles. The fraction of sp³-hybridized carbons (Fsp3) is 0.353. The third kappa shape index (κ3) is 7.82. The molecule has 204 valence electrons. The third-order valence-electron chi connectivity index (χ3n) is 7.31. The summed E-state index contributed by atoms with van der Waals surface area (Å²) < 4.78 is 0. The van der Waals surface area contributed by atoms with Crippen molar-refractivity contribution in [2.24, 2.45) is 0 Å². The zero-order valence-corrected chi connectivity index (χ0v) is 23.4. The molecule has 0 spiro atoms. The monoisotopic (exact) mass is 523 g/mol. The van der Waals surface area contributed by atoms with Crippen LogP contribution in [0, 0.1) is 0 Å². The summed E-state index contributed by atoms with van der Waals surface area (Å²) in [6.07, 6.45) is 7.91. The molecule has 1 N–H and O–H groups in total. The summed E-state index contributed by atoms with van der Waals surface area (Å²) in [5.74, 6) is -0.0992. The number of aromatic nitrogens is 1. The second-order valence-corrected chi connectivity index (χ2v) is 10.3. The van der Waals surface area contributed by atoms with Crippen LogP contribution in [-0.4, -0.2) is 46.2 Å². The molecule has 0 saturated heterocycles. The standard InChI is InChI=1S/C34H41N3O2/c1-3-5-12-27-17-19-29(20-18-27)34(39)37(22-6-4-2)26-33(38)36(25-28-13-8-7-9-14-28)23-21-30-24-35-32-16-11-10-15-31(30)32/h7-11,13-20,24,35H,3-6,12,21-23,25-26H2,1-2H3. The van der Waals surface area contributed by atoms with Crippen molar-refractivity contribution in [3.05, 3.63) is 107 Å². The summed E-state index contributed by atoms with van der Waals surface area (Å²) in [6, 6.07) is 26.2. The Morgan fingerprint density at radius 3 is 2.18 bits per heavy atom. The van der Waals surface area contributed by atoms with Gasteiger partial charge >= 0.3 is 0 Å². The first-order chi connectivity index (χ1) is 19.1. The Hall–Kier alpha value is -3.86. The molecular formula is C34H41N3O2. The van der Waals surface area contributed by atoms with Crippen LogP contribution in [0.4, 0.5) is 0 Å². The van der Waals surface area contributed by atoms with Gasteiger partial charge in [-0.15, -0.1) is 0 Å². The van der Waals surface area contributed by atoms with E-state index in [1.165, 1.54) is 16.5 Å². The second-order valence-electron chi connectivity index (χ2n) is 10.3. The first kappa shape index (κ1) is 28.2. The van der Waals surface area contributed by atoms with E-state index in [0.29, 0.717) is 25.2 Å². The number of amides is 2. The fourth-order valence-electron chi connectivity index (χ4n) is 4.93. The molecule has 3 aromatic carbocycles. The molecule has 0 fully saturated rings. The lowest BCUT2D eigenvalue weighted by Gasteiger charge is -2.28. The van der Waals surface area contributed by atoms with E-state index in [9.17, 15) is 9.59 Å². The minimum Gasteiger partial charge on any atom is -0.361 e. The maximum Gasteiger partial charge on any atom is 0.254 e. The van der Waals surface area contributed by atoms with E-state index in [4.69, 9.17) is 0 Å². The van der Waals surface area contributed by atoms with Gasteiger partial charge in [0.15, 0.2) is 0 Å². The highest BCUT2D eigenvalue weighted by atomic mass is 16.2. The molecule has 0 bridgehead atoms. The maximum absolute atomic E-state index is 13.8. The van der Waals surface area contributed by atoms with Gasteiger partial charge in [0, 0.05) is 42.3 Å². The van der Waals surface area contributed by atoms with Crippen LogP contribution in [0.5, 0.6) is 0 Å². The van der Waals surface area contributed by atoms with Crippen LogP contribution in [0.15, 0.2) is 85.1 Å². The van der Waals surface area contributed by atoms with E-state index in [1.54, 1.807) is 4.90 Å². The van der Waals surface area contributed by atoms with Crippen LogP contribution in [0.1, 0.15) is 66.6 Å². The quantitative estimate of drug-likeness (QED) is 0.193. The van der Waals surface area contributed by atoms with Crippen molar-refractivity contribution < 1.29 is 9.59 Å². The van der Waals surface area contributed by atoms with Crippen molar-refractivity contribution in [3.8, 4) is 0 Å². The van der Waals surface area contributed by atoms with E-state index in [1.807, 2.05) is 77.8 Å². The SMILES string of the molecule is CCCCc1ccc(C(=O)N(CCCC)CC(=O)N(CCc2c[nH]c3ccccc23)Cc2ccccc2)cc1. The minimum atomic E-state index is -0.0740. The Kier molecular flexibility index (Phi) is 10.4. The van der Waals surface area contributed by atoms with E-state index in [-0.39, 0.29) is 18.4 Å². The lowest BCUT2D eigenvalue weighted by Crippen LogP contribution is -2.43. The molecule has 4 aromatic rings. The van der Waals surface area contributed by atoms with Crippen molar-refractivity contribution in [3.63, 3.8) is 0 Å². The number of nitrogens with one attached hydrogen (secondary N) is 1. The number of unbranched alkanes of at least 4 members (excludes halogenated alkanes) is 2. The molecule has 0 aliphatic rings. The molecule has 39 heavy (non-hydrogen) atoms. The Balaban J connectivity index is 1.50. The normalized spacial score (nSPS) is 11.0. The Bertz CT molecular complexity index is 1330. The summed E-state index contributed by atoms with van der Waals surface area (Å²) in [7, 11) is 0. The van der Waals surface area contributed by atoms with Gasteiger partial charge in [-0.25, -0.2) is 0 Å². The van der Waals surface area contributed by atoms with Gasteiger partial charge < -0.3 is 14.8 Å². The number of carbonyl (C=O) groups excluding carboxylic acids is 2. The number of H-pyrrole nitrogens is 1. The Labute approximate surface area is 232 Å². The highest BCUT2D eigenvalue weighted by Gasteiger charge is 2.23. The fourth-order valence-corrected chi connectivity index (χ4v) is 4.93. The molecule has 5 nitrogen and oxygen atoms in total. The van der Waals surface area contributed by atoms with Gasteiger partial charge in [-0.2, -0.15) is 0 Å². The summed E-state index contributed by atoms with van der Waals surface area (Å²) >= 11 is 0. The van der Waals surface area contributed by atoms with Gasteiger partial charge in [-0.1, -0.05) is 87.4 Å². The van der Waals surface area contributed by atoms with Crippen LogP contribution < -0.4 is 0 Å². The smallest absolute Gasteiger partial charge is 0.254 e. The lowest BCUT2D eigenvalue weighted by atomic mass is 10.1. The maximum atomic E-state index is 13.8. The van der Waals surface area contributed by atoms with Gasteiger partial charge in [-0.05, 0) is 60.6 Å². The summed E-state index contributed by atoms with van der Waals surface area (Å²) in [6.45, 7) is 6.04. The van der Waals surface area contributed by atoms with Crippen molar-refractivity contribution in [2.75, 3.05) is 19.6 Å². The number of carbonyl (C=O) groups is 2. The molecule has 0 atom stereocenters. The number of nitrogens with zero attached hydrogens (tertiary/aromatic N) is 2. The Morgan fingerprint density at radius 1 is 0.718 bits per heavy atom. The number of fused-ring (bicyclic) bond motifs is 1. The van der Waals surface area contributed by atoms with Crippen molar-refractivity contribution in [2.45, 2.75) is 58.9 Å². The average Bonchev–Trinajstić information content (AvgIpc) is 3.39. The number of hydrogen-bond donors (Lipinski definition) is 1. The first-order valence-electron chi connectivity index (χ1n) is 14.3. The van der Waals surface area contributed by atoms with E-state index in [0.717, 1.165) is 49.6 Å². The van der Waals surface area contributed by atoms with E-state index < -0.39 is 0 Å². The molecule has 1 heterocycles. The van der Waals surface area contributed by atoms with Gasteiger partial charge in [-0.3, -0.25) is 9.59 Å². The number of hydrogen-bond acceptors (Lipinski definition) is 2. The minimum absolute atomic E-state index is 0.0253. The molecule has 0 unspecified atom stereocenters. The highest BCUT2D eigenvalue weighted by Crippen LogP contribution is 2.19. The molecular weight excluding hydrogens is 482 g/mol. The van der Waals surface area contributed by atoms with Crippen molar-refractivity contribution in [1.82, 2.24) is 14.8 Å². The lowest BCUT2D eigenvalue weighted by molar-refractivity contribution is -0.132. The molecule has 0 aliphatic heterocycles. The molecule has 5 heteroatoms. The van der Waals surface area contributed by atoms with Gasteiger partial charge in [0.25, 0.3) is 5.91 Å². The molecule has 0 radical (unpaired) electrons. The van der Waals surface area contributed by atoms with Gasteiger partial charge in [0.05, 0.1) is 0 Å².